The highest BCUT2D eigenvalue weighted by Crippen LogP contribution is 2.31. The van der Waals surface area contributed by atoms with E-state index in [0.717, 1.165) is 18.4 Å². The van der Waals surface area contributed by atoms with Gasteiger partial charge in [0.2, 0.25) is 0 Å². The number of nitrogens with zero attached hydrogens (tertiary/aromatic N) is 2. The van der Waals surface area contributed by atoms with E-state index in [4.69, 9.17) is 23.2 Å². The molecule has 0 aliphatic heterocycles. The average Bonchev–Trinajstić information content (AvgIpc) is 3.33. The average molecular weight is 339 g/mol. The maximum Gasteiger partial charge on any atom is 0.274 e. The summed E-state index contributed by atoms with van der Waals surface area (Å²) in [5.41, 5.74) is 1.02. The topological polar surface area (TPSA) is 33.2 Å². The third-order valence-electron chi connectivity index (χ3n) is 3.53. The van der Waals surface area contributed by atoms with Crippen molar-refractivity contribution >= 4 is 29.1 Å². The van der Waals surface area contributed by atoms with Gasteiger partial charge < -0.3 is 4.90 Å². The van der Waals surface area contributed by atoms with Crippen LogP contribution < -0.4 is 0 Å². The van der Waals surface area contributed by atoms with E-state index in [1.54, 1.807) is 29.2 Å². The number of pyridine rings is 1. The number of carbonyl (C=O) groups is 1. The van der Waals surface area contributed by atoms with E-state index < -0.39 is 0 Å². The van der Waals surface area contributed by atoms with Crippen LogP contribution in [-0.4, -0.2) is 21.8 Å². The molecule has 3 rings (SSSR count). The summed E-state index contributed by atoms with van der Waals surface area (Å²) in [5, 5.41) is 0.504. The van der Waals surface area contributed by atoms with Gasteiger partial charge in [0.25, 0.3) is 5.91 Å². The van der Waals surface area contributed by atoms with Crippen molar-refractivity contribution in [2.75, 3.05) is 0 Å². The Bertz CT molecular complexity index is 702. The first-order valence-electron chi connectivity index (χ1n) is 6.92. The minimum absolute atomic E-state index is 0.156. The lowest BCUT2D eigenvalue weighted by Gasteiger charge is -2.22. The molecule has 1 aromatic heterocycles. The summed E-state index contributed by atoms with van der Waals surface area (Å²) < 4.78 is 13.0. The third-order valence-corrected chi connectivity index (χ3v) is 4.04. The quantitative estimate of drug-likeness (QED) is 0.777. The Morgan fingerprint density at radius 3 is 2.50 bits per heavy atom. The van der Waals surface area contributed by atoms with E-state index in [-0.39, 0.29) is 33.6 Å². The summed E-state index contributed by atoms with van der Waals surface area (Å²) in [5.74, 6) is -0.549. The molecule has 1 saturated carbocycles. The van der Waals surface area contributed by atoms with Gasteiger partial charge in [-0.3, -0.25) is 4.79 Å². The van der Waals surface area contributed by atoms with Gasteiger partial charge >= 0.3 is 0 Å². The molecule has 3 nitrogen and oxygen atoms in total. The van der Waals surface area contributed by atoms with Crippen LogP contribution in [0.3, 0.4) is 0 Å². The van der Waals surface area contributed by atoms with Crippen LogP contribution in [0.25, 0.3) is 0 Å². The zero-order valence-electron chi connectivity index (χ0n) is 11.6. The Labute approximate surface area is 137 Å². The smallest absolute Gasteiger partial charge is 0.274 e. The second-order valence-corrected chi connectivity index (χ2v) is 6.05. The second-order valence-electron chi connectivity index (χ2n) is 5.26. The van der Waals surface area contributed by atoms with Gasteiger partial charge in [0.1, 0.15) is 16.7 Å². The minimum atomic E-state index is -0.299. The van der Waals surface area contributed by atoms with E-state index in [1.165, 1.54) is 12.1 Å². The van der Waals surface area contributed by atoms with Crippen LogP contribution in [0, 0.1) is 5.82 Å². The van der Waals surface area contributed by atoms with Gasteiger partial charge in [-0.1, -0.05) is 35.3 Å². The van der Waals surface area contributed by atoms with Crippen molar-refractivity contribution in [3.8, 4) is 0 Å². The van der Waals surface area contributed by atoms with Crippen LogP contribution in [0.1, 0.15) is 28.9 Å². The van der Waals surface area contributed by atoms with Gasteiger partial charge in [-0.25, -0.2) is 9.37 Å². The number of benzene rings is 1. The maximum atomic E-state index is 13.0. The summed E-state index contributed by atoms with van der Waals surface area (Å²) in [6, 6.07) is 9.39. The number of aromatic nitrogens is 1. The first-order valence-corrected chi connectivity index (χ1v) is 7.67. The summed E-state index contributed by atoms with van der Waals surface area (Å²) in [4.78, 5) is 18.5. The van der Waals surface area contributed by atoms with Crippen LogP contribution in [-0.2, 0) is 6.54 Å². The van der Waals surface area contributed by atoms with Crippen molar-refractivity contribution in [3.05, 3.63) is 63.6 Å². The van der Waals surface area contributed by atoms with E-state index in [1.807, 2.05) is 0 Å². The molecular weight excluding hydrogens is 326 g/mol. The fraction of sp³-hybridized carbons (Fsp3) is 0.250. The molecule has 0 unspecified atom stereocenters. The van der Waals surface area contributed by atoms with E-state index in [0.29, 0.717) is 6.54 Å². The Morgan fingerprint density at radius 2 is 1.86 bits per heavy atom. The lowest BCUT2D eigenvalue weighted by atomic mass is 10.2. The molecule has 6 heteroatoms. The molecule has 1 amide bonds. The van der Waals surface area contributed by atoms with Crippen LogP contribution in [0.5, 0.6) is 0 Å². The first-order chi connectivity index (χ1) is 10.5. The molecule has 1 aromatic carbocycles. The van der Waals surface area contributed by atoms with E-state index >= 15 is 0 Å². The zero-order chi connectivity index (χ0) is 15.7. The number of halogens is 3. The van der Waals surface area contributed by atoms with Crippen LogP contribution in [0.2, 0.25) is 10.2 Å². The number of amides is 1. The predicted octanol–water partition coefficient (Wildman–Crippen LogP) is 4.33. The lowest BCUT2D eigenvalue weighted by Crippen LogP contribution is -2.33. The van der Waals surface area contributed by atoms with Crippen molar-refractivity contribution in [1.29, 1.82) is 0 Å². The molecule has 1 fully saturated rings. The standard InChI is InChI=1S/C16H13Cl2FN2O/c17-13-7-8-14(18)20-15(13)16(22)21(12-5-6-12)9-10-1-3-11(19)4-2-10/h1-4,7-8,12H,5-6,9H2. The van der Waals surface area contributed by atoms with E-state index in [2.05, 4.69) is 4.98 Å². The number of hydrogen-bond acceptors (Lipinski definition) is 2. The van der Waals surface area contributed by atoms with Crippen LogP contribution in [0.4, 0.5) is 4.39 Å². The largest absolute Gasteiger partial charge is 0.330 e. The molecular formula is C16H13Cl2FN2O. The Balaban J connectivity index is 1.86. The fourth-order valence-corrected chi connectivity index (χ4v) is 2.58. The highest BCUT2D eigenvalue weighted by atomic mass is 35.5. The molecule has 0 radical (unpaired) electrons. The number of carbonyl (C=O) groups excluding carboxylic acids is 1. The molecule has 0 spiro atoms. The SMILES string of the molecule is O=C(c1nc(Cl)ccc1Cl)N(Cc1ccc(F)cc1)C1CC1. The highest BCUT2D eigenvalue weighted by molar-refractivity contribution is 6.34. The molecule has 0 saturated heterocycles. The second kappa shape index (κ2) is 6.23. The van der Waals surface area contributed by atoms with Gasteiger partial charge in [-0.05, 0) is 42.7 Å². The number of hydrogen-bond donors (Lipinski definition) is 0. The van der Waals surface area contributed by atoms with Crippen molar-refractivity contribution in [1.82, 2.24) is 9.88 Å². The Hall–Kier alpha value is -1.65. The molecule has 1 aliphatic carbocycles. The van der Waals surface area contributed by atoms with Crippen molar-refractivity contribution < 1.29 is 9.18 Å². The van der Waals surface area contributed by atoms with Crippen LogP contribution >= 0.6 is 23.2 Å². The Morgan fingerprint density at radius 1 is 1.18 bits per heavy atom. The first kappa shape index (κ1) is 15.3. The third kappa shape index (κ3) is 3.39. The molecule has 1 aliphatic rings. The normalized spacial score (nSPS) is 14.0. The van der Waals surface area contributed by atoms with Gasteiger partial charge in [0, 0.05) is 12.6 Å². The Kier molecular flexibility index (Phi) is 4.32. The van der Waals surface area contributed by atoms with E-state index in [9.17, 15) is 9.18 Å². The van der Waals surface area contributed by atoms with Crippen molar-refractivity contribution in [2.24, 2.45) is 0 Å². The monoisotopic (exact) mass is 338 g/mol. The number of rotatable bonds is 4. The molecule has 0 bridgehead atoms. The molecule has 0 atom stereocenters. The van der Waals surface area contributed by atoms with Gasteiger partial charge in [0.15, 0.2) is 0 Å². The fourth-order valence-electron chi connectivity index (χ4n) is 2.24. The van der Waals surface area contributed by atoms with Crippen molar-refractivity contribution in [3.63, 3.8) is 0 Å². The summed E-state index contributed by atoms with van der Waals surface area (Å²) in [6.07, 6.45) is 1.90. The molecule has 1 heterocycles. The molecule has 0 N–H and O–H groups in total. The minimum Gasteiger partial charge on any atom is -0.330 e. The highest BCUT2D eigenvalue weighted by Gasteiger charge is 2.34. The van der Waals surface area contributed by atoms with Crippen molar-refractivity contribution in [2.45, 2.75) is 25.4 Å². The lowest BCUT2D eigenvalue weighted by molar-refractivity contribution is 0.0724. The maximum absolute atomic E-state index is 13.0. The molecule has 22 heavy (non-hydrogen) atoms. The van der Waals surface area contributed by atoms with Gasteiger partial charge in [0.05, 0.1) is 5.02 Å². The zero-order valence-corrected chi connectivity index (χ0v) is 13.1. The summed E-state index contributed by atoms with van der Waals surface area (Å²) in [6.45, 7) is 0.397. The summed E-state index contributed by atoms with van der Waals surface area (Å²) in [7, 11) is 0. The molecule has 2 aromatic rings. The molecule has 114 valence electrons. The van der Waals surface area contributed by atoms with Gasteiger partial charge in [-0.2, -0.15) is 0 Å². The van der Waals surface area contributed by atoms with Gasteiger partial charge in [-0.15, -0.1) is 0 Å². The summed E-state index contributed by atoms with van der Waals surface area (Å²) >= 11 is 11.9. The van der Waals surface area contributed by atoms with Crippen LogP contribution in [0.15, 0.2) is 36.4 Å². The predicted molar refractivity (Wildman–Crippen MR) is 83.6 cm³/mol.